The molecule has 4 rings (SSSR count). The maximum Gasteiger partial charge on any atom is 0.241 e. The lowest BCUT2D eigenvalue weighted by atomic mass is 9.77. The second-order valence-corrected chi connectivity index (χ2v) is 6.34. The molecule has 0 spiro atoms. The average Bonchev–Trinajstić information content (AvgIpc) is 3.26. The van der Waals surface area contributed by atoms with Gasteiger partial charge in [-0.15, -0.1) is 0 Å². The summed E-state index contributed by atoms with van der Waals surface area (Å²) in [5, 5.41) is 0. The van der Waals surface area contributed by atoms with Crippen LogP contribution in [0.1, 0.15) is 0 Å². The zero-order valence-electron chi connectivity index (χ0n) is 13.7. The summed E-state index contributed by atoms with van der Waals surface area (Å²) in [6.45, 7) is 4.42. The molecule has 3 aliphatic rings. The van der Waals surface area contributed by atoms with E-state index in [0.29, 0.717) is 18.9 Å². The summed E-state index contributed by atoms with van der Waals surface area (Å²) < 4.78 is 16.7. The quantitative estimate of drug-likeness (QED) is 0.327. The van der Waals surface area contributed by atoms with E-state index in [0.717, 1.165) is 0 Å². The smallest absolute Gasteiger partial charge is 0.241 e. The highest BCUT2D eigenvalue weighted by molar-refractivity contribution is 6.23. The molecule has 0 aliphatic carbocycles. The highest BCUT2D eigenvalue weighted by atomic mass is 16.6. The number of hydrogen-bond acceptors (Lipinski definition) is 5. The zero-order valence-corrected chi connectivity index (χ0v) is 13.7. The zero-order chi connectivity index (χ0) is 17.4. The van der Waals surface area contributed by atoms with Crippen molar-refractivity contribution in [2.24, 2.45) is 11.8 Å². The second-order valence-electron chi connectivity index (χ2n) is 6.34. The van der Waals surface area contributed by atoms with Gasteiger partial charge >= 0.3 is 0 Å². The number of rotatable bonds is 7. The molecule has 2 amide bonds. The van der Waals surface area contributed by atoms with Crippen LogP contribution in [0.4, 0.5) is 5.69 Å². The average molecular weight is 341 g/mol. The second kappa shape index (κ2) is 6.13. The number of hydrogen-bond donors (Lipinski definition) is 0. The largest absolute Gasteiger partial charge is 0.499 e. The number of carbonyl (C=O) groups is 2. The van der Waals surface area contributed by atoms with Gasteiger partial charge in [0.1, 0.15) is 12.2 Å². The minimum atomic E-state index is -0.875. The number of amides is 2. The predicted octanol–water partition coefficient (Wildman–Crippen LogP) is 1.68. The van der Waals surface area contributed by atoms with Gasteiger partial charge in [0.2, 0.25) is 11.8 Å². The Balaban J connectivity index is 1.55. The Morgan fingerprint density at radius 1 is 1.20 bits per heavy atom. The highest BCUT2D eigenvalue weighted by Gasteiger charge is 2.67. The number of imide groups is 1. The predicted molar refractivity (Wildman–Crippen MR) is 89.6 cm³/mol. The Morgan fingerprint density at radius 3 is 2.76 bits per heavy atom. The van der Waals surface area contributed by atoms with Crippen molar-refractivity contribution in [3.8, 4) is 0 Å². The molecule has 25 heavy (non-hydrogen) atoms. The van der Waals surface area contributed by atoms with E-state index in [2.05, 4.69) is 6.58 Å². The van der Waals surface area contributed by atoms with Crippen LogP contribution in [0.5, 0.6) is 0 Å². The Bertz CT molecular complexity index is 731. The van der Waals surface area contributed by atoms with Crippen molar-refractivity contribution in [1.29, 1.82) is 0 Å². The van der Waals surface area contributed by atoms with E-state index in [4.69, 9.17) is 14.2 Å². The summed E-state index contributed by atoms with van der Waals surface area (Å²) in [7, 11) is 0. The van der Waals surface area contributed by atoms with Gasteiger partial charge in [-0.3, -0.25) is 9.59 Å². The van der Waals surface area contributed by atoms with Crippen molar-refractivity contribution in [3.05, 3.63) is 55.3 Å². The molecule has 4 unspecified atom stereocenters. The van der Waals surface area contributed by atoms with Crippen LogP contribution in [0.25, 0.3) is 0 Å². The van der Waals surface area contributed by atoms with Crippen molar-refractivity contribution in [2.45, 2.75) is 11.7 Å². The fourth-order valence-electron chi connectivity index (χ4n) is 3.92. The molecule has 2 fully saturated rings. The monoisotopic (exact) mass is 341 g/mol. The van der Waals surface area contributed by atoms with Gasteiger partial charge in [-0.1, -0.05) is 36.9 Å². The summed E-state index contributed by atoms with van der Waals surface area (Å²) >= 11 is 0. The van der Waals surface area contributed by atoms with Crippen molar-refractivity contribution in [3.63, 3.8) is 0 Å². The maximum atomic E-state index is 13.0. The third kappa shape index (κ3) is 2.41. The number of para-hydroxylation sites is 1. The maximum absolute atomic E-state index is 13.0. The van der Waals surface area contributed by atoms with Crippen molar-refractivity contribution in [1.82, 2.24) is 0 Å². The number of carbonyl (C=O) groups excluding carboxylic acids is 2. The van der Waals surface area contributed by atoms with Crippen molar-refractivity contribution >= 4 is 17.5 Å². The molecular formula is C19H19NO5. The minimum absolute atomic E-state index is 0.201. The van der Waals surface area contributed by atoms with Gasteiger partial charge in [0, 0.05) is 0 Å². The molecule has 3 aliphatic heterocycles. The Hall–Kier alpha value is -2.44. The van der Waals surface area contributed by atoms with Crippen LogP contribution in [-0.4, -0.2) is 43.3 Å². The highest BCUT2D eigenvalue weighted by Crippen LogP contribution is 2.52. The van der Waals surface area contributed by atoms with Gasteiger partial charge in [0.15, 0.2) is 0 Å². The van der Waals surface area contributed by atoms with Crippen LogP contribution in [0, 0.1) is 11.8 Å². The van der Waals surface area contributed by atoms with Crippen LogP contribution in [-0.2, 0) is 23.8 Å². The van der Waals surface area contributed by atoms with Gasteiger partial charge in [0.25, 0.3) is 0 Å². The van der Waals surface area contributed by atoms with Gasteiger partial charge in [-0.25, -0.2) is 4.90 Å². The van der Waals surface area contributed by atoms with Crippen LogP contribution < -0.4 is 4.90 Å². The molecule has 6 heteroatoms. The van der Waals surface area contributed by atoms with Gasteiger partial charge in [-0.05, 0) is 12.1 Å². The van der Waals surface area contributed by atoms with Crippen LogP contribution in [0.15, 0.2) is 55.3 Å². The van der Waals surface area contributed by atoms with Crippen LogP contribution >= 0.6 is 0 Å². The molecule has 4 atom stereocenters. The SMILES string of the molecule is C=COCCOCC12C=CC(O1)C1C(=O)N(c3ccccc3)C(=O)C12. The van der Waals surface area contributed by atoms with E-state index in [-0.39, 0.29) is 24.5 Å². The van der Waals surface area contributed by atoms with Gasteiger partial charge < -0.3 is 14.2 Å². The standard InChI is InChI=1S/C19H19NO5/c1-2-23-10-11-24-12-19-9-8-14(25-19)15-16(19)18(22)20(17(15)21)13-6-4-3-5-7-13/h2-9,14-16H,1,10-12H2. The molecule has 0 aromatic heterocycles. The molecule has 0 saturated carbocycles. The molecule has 3 heterocycles. The van der Waals surface area contributed by atoms with Crippen molar-refractivity contribution in [2.75, 3.05) is 24.7 Å². The molecule has 1 aromatic carbocycles. The Morgan fingerprint density at radius 2 is 2.00 bits per heavy atom. The minimum Gasteiger partial charge on any atom is -0.499 e. The lowest BCUT2D eigenvalue weighted by Gasteiger charge is -2.28. The molecule has 6 nitrogen and oxygen atoms in total. The topological polar surface area (TPSA) is 65.1 Å². The molecule has 0 radical (unpaired) electrons. The van der Waals surface area contributed by atoms with E-state index < -0.39 is 17.4 Å². The molecular weight excluding hydrogens is 322 g/mol. The Kier molecular flexibility index (Phi) is 3.94. The lowest BCUT2D eigenvalue weighted by Crippen LogP contribution is -2.44. The summed E-state index contributed by atoms with van der Waals surface area (Å²) in [6, 6.07) is 9.01. The first-order valence-corrected chi connectivity index (χ1v) is 8.28. The first-order valence-electron chi connectivity index (χ1n) is 8.28. The number of ether oxygens (including phenoxy) is 3. The van der Waals surface area contributed by atoms with E-state index in [1.807, 2.05) is 30.4 Å². The molecule has 1 aromatic rings. The van der Waals surface area contributed by atoms with Gasteiger partial charge in [-0.2, -0.15) is 0 Å². The summed E-state index contributed by atoms with van der Waals surface area (Å²) in [5.74, 6) is -1.45. The Labute approximate surface area is 145 Å². The van der Waals surface area contributed by atoms with E-state index >= 15 is 0 Å². The van der Waals surface area contributed by atoms with Crippen LogP contribution in [0.2, 0.25) is 0 Å². The third-order valence-electron chi connectivity index (χ3n) is 4.96. The number of anilines is 1. The summed E-state index contributed by atoms with van der Waals surface area (Å²) in [4.78, 5) is 27.2. The normalized spacial score (nSPS) is 32.3. The first kappa shape index (κ1) is 16.1. The van der Waals surface area contributed by atoms with Gasteiger partial charge in [0.05, 0.1) is 43.1 Å². The number of nitrogens with zero attached hydrogens (tertiary/aromatic N) is 1. The third-order valence-corrected chi connectivity index (χ3v) is 4.96. The summed E-state index contributed by atoms with van der Waals surface area (Å²) in [5.41, 5.74) is -0.276. The number of benzene rings is 1. The molecule has 2 bridgehead atoms. The van der Waals surface area contributed by atoms with Crippen LogP contribution in [0.3, 0.4) is 0 Å². The number of fused-ring (bicyclic) bond motifs is 5. The lowest BCUT2D eigenvalue weighted by molar-refractivity contribution is -0.129. The molecule has 130 valence electrons. The van der Waals surface area contributed by atoms with E-state index in [9.17, 15) is 9.59 Å². The fraction of sp³-hybridized carbons (Fsp3) is 0.368. The summed E-state index contributed by atoms with van der Waals surface area (Å²) in [6.07, 6.45) is 4.71. The first-order chi connectivity index (χ1) is 12.2. The molecule has 0 N–H and O–H groups in total. The van der Waals surface area contributed by atoms with E-state index in [1.165, 1.54) is 11.2 Å². The van der Waals surface area contributed by atoms with Crippen molar-refractivity contribution < 1.29 is 23.8 Å². The fourth-order valence-corrected chi connectivity index (χ4v) is 3.92. The van der Waals surface area contributed by atoms with E-state index in [1.54, 1.807) is 12.1 Å². The molecule has 2 saturated heterocycles.